The van der Waals surface area contributed by atoms with Gasteiger partial charge >= 0.3 is 0 Å². The summed E-state index contributed by atoms with van der Waals surface area (Å²) in [7, 11) is 0. The summed E-state index contributed by atoms with van der Waals surface area (Å²) in [5.74, 6) is 0.0754. The highest BCUT2D eigenvalue weighted by Gasteiger charge is 2.22. The van der Waals surface area contributed by atoms with E-state index in [0.717, 1.165) is 61.6 Å². The Hall–Kier alpha value is -3.92. The third kappa shape index (κ3) is 3.89. The van der Waals surface area contributed by atoms with Crippen LogP contribution in [0.3, 0.4) is 0 Å². The van der Waals surface area contributed by atoms with Crippen LogP contribution in [0.1, 0.15) is 37.7 Å². The largest absolute Gasteiger partial charge is 0.372 e. The number of pyridine rings is 1. The standard InChI is InChI=1S/C28H27FN6/c29-24-18-20(6-7-21(24)19-30)27-32-26-25(34-16-2-1-3-17-34)12-13-31-28(26)35(27)23-10-8-22(9-11-23)33-14-4-5-15-33/h6-13,18H,1-5,14-17H2. The third-order valence-corrected chi connectivity index (χ3v) is 7.15. The predicted molar refractivity (Wildman–Crippen MR) is 136 cm³/mol. The van der Waals surface area contributed by atoms with Crippen molar-refractivity contribution in [2.75, 3.05) is 36.0 Å². The van der Waals surface area contributed by atoms with Crippen molar-refractivity contribution < 1.29 is 4.39 Å². The highest BCUT2D eigenvalue weighted by Crippen LogP contribution is 2.34. The van der Waals surface area contributed by atoms with Gasteiger partial charge in [0.2, 0.25) is 0 Å². The Morgan fingerprint density at radius 2 is 1.49 bits per heavy atom. The minimum Gasteiger partial charge on any atom is -0.372 e. The number of imidazole rings is 1. The maximum absolute atomic E-state index is 14.6. The molecule has 7 heteroatoms. The minimum absolute atomic E-state index is 0.0264. The molecular formula is C28H27FN6. The van der Waals surface area contributed by atoms with Crippen molar-refractivity contribution >= 4 is 22.5 Å². The predicted octanol–water partition coefficient (Wildman–Crippen LogP) is 5.69. The third-order valence-electron chi connectivity index (χ3n) is 7.15. The number of fused-ring (bicyclic) bond motifs is 1. The van der Waals surface area contributed by atoms with Crippen molar-refractivity contribution in [3.8, 4) is 23.1 Å². The number of hydrogen-bond acceptors (Lipinski definition) is 5. The number of halogens is 1. The van der Waals surface area contributed by atoms with Crippen LogP contribution < -0.4 is 9.80 Å². The summed E-state index contributed by atoms with van der Waals surface area (Å²) in [5, 5.41) is 9.19. The number of hydrogen-bond donors (Lipinski definition) is 0. The summed E-state index contributed by atoms with van der Waals surface area (Å²) in [6, 6.07) is 17.1. The van der Waals surface area contributed by atoms with Crippen LogP contribution in [0.25, 0.3) is 28.2 Å². The summed E-state index contributed by atoms with van der Waals surface area (Å²) in [5.41, 5.74) is 5.42. The zero-order chi connectivity index (χ0) is 23.8. The lowest BCUT2D eigenvalue weighted by Crippen LogP contribution is -2.29. The molecule has 0 saturated carbocycles. The van der Waals surface area contributed by atoms with Crippen molar-refractivity contribution in [1.82, 2.24) is 14.5 Å². The van der Waals surface area contributed by atoms with Crippen LogP contribution in [0.15, 0.2) is 54.7 Å². The highest BCUT2D eigenvalue weighted by atomic mass is 19.1. The van der Waals surface area contributed by atoms with Crippen LogP contribution in [0.5, 0.6) is 0 Å². The van der Waals surface area contributed by atoms with E-state index in [0.29, 0.717) is 11.4 Å². The molecule has 4 heterocycles. The minimum atomic E-state index is -0.544. The number of nitrogens with zero attached hydrogens (tertiary/aromatic N) is 6. The first-order valence-corrected chi connectivity index (χ1v) is 12.4. The van der Waals surface area contributed by atoms with E-state index in [1.54, 1.807) is 6.07 Å². The van der Waals surface area contributed by atoms with Crippen molar-refractivity contribution in [3.63, 3.8) is 0 Å². The smallest absolute Gasteiger partial charge is 0.167 e. The lowest BCUT2D eigenvalue weighted by atomic mass is 10.1. The Bertz CT molecular complexity index is 1410. The average molecular weight is 467 g/mol. The van der Waals surface area contributed by atoms with E-state index in [1.165, 1.54) is 37.1 Å². The van der Waals surface area contributed by atoms with Gasteiger partial charge < -0.3 is 9.80 Å². The Balaban J connectivity index is 1.52. The van der Waals surface area contributed by atoms with Gasteiger partial charge in [-0.05, 0) is 80.6 Å². The molecule has 0 N–H and O–H groups in total. The summed E-state index contributed by atoms with van der Waals surface area (Å²) in [4.78, 5) is 14.5. The van der Waals surface area contributed by atoms with Crippen LogP contribution in [-0.4, -0.2) is 40.7 Å². The van der Waals surface area contributed by atoms with E-state index in [4.69, 9.17) is 9.97 Å². The van der Waals surface area contributed by atoms with Gasteiger partial charge in [-0.1, -0.05) is 0 Å². The molecule has 0 aliphatic carbocycles. The molecule has 0 radical (unpaired) electrons. The Labute approximate surface area is 204 Å². The molecule has 6 nitrogen and oxygen atoms in total. The van der Waals surface area contributed by atoms with Crippen molar-refractivity contribution in [2.45, 2.75) is 32.1 Å². The molecule has 2 aromatic heterocycles. The molecule has 2 aliphatic heterocycles. The van der Waals surface area contributed by atoms with Gasteiger partial charge in [0, 0.05) is 49.3 Å². The van der Waals surface area contributed by atoms with Crippen molar-refractivity contribution in [3.05, 3.63) is 66.1 Å². The maximum atomic E-state index is 14.6. The molecule has 0 amide bonds. The van der Waals surface area contributed by atoms with Gasteiger partial charge in [0.1, 0.15) is 23.2 Å². The number of rotatable bonds is 4. The topological polar surface area (TPSA) is 61.0 Å². The maximum Gasteiger partial charge on any atom is 0.167 e. The van der Waals surface area contributed by atoms with Crippen molar-refractivity contribution in [2.24, 2.45) is 0 Å². The normalized spacial score (nSPS) is 16.1. The molecule has 0 spiro atoms. The average Bonchev–Trinajstić information content (AvgIpc) is 3.58. The van der Waals surface area contributed by atoms with Gasteiger partial charge in [-0.2, -0.15) is 5.26 Å². The summed E-state index contributed by atoms with van der Waals surface area (Å²) in [6.45, 7) is 4.17. The molecule has 6 rings (SSSR count). The van der Waals surface area contributed by atoms with Crippen LogP contribution in [0.2, 0.25) is 0 Å². The fraction of sp³-hybridized carbons (Fsp3) is 0.321. The molecule has 2 aromatic carbocycles. The van der Waals surface area contributed by atoms with Crippen molar-refractivity contribution in [1.29, 1.82) is 5.26 Å². The monoisotopic (exact) mass is 466 g/mol. The van der Waals surface area contributed by atoms with Gasteiger partial charge in [0.15, 0.2) is 5.65 Å². The first-order valence-electron chi connectivity index (χ1n) is 12.4. The molecule has 2 saturated heterocycles. The lowest BCUT2D eigenvalue weighted by Gasteiger charge is -2.28. The van der Waals surface area contributed by atoms with Gasteiger partial charge in [-0.3, -0.25) is 4.57 Å². The van der Waals surface area contributed by atoms with E-state index < -0.39 is 5.82 Å². The fourth-order valence-corrected chi connectivity index (χ4v) is 5.32. The SMILES string of the molecule is N#Cc1ccc(-c2nc3c(N4CCCCC4)ccnc3n2-c2ccc(N3CCCC3)cc2)cc1F. The molecule has 176 valence electrons. The highest BCUT2D eigenvalue weighted by molar-refractivity contribution is 5.90. The number of benzene rings is 2. The quantitative estimate of drug-likeness (QED) is 0.387. The lowest BCUT2D eigenvalue weighted by molar-refractivity contribution is 0.578. The first-order chi connectivity index (χ1) is 17.2. The van der Waals surface area contributed by atoms with E-state index >= 15 is 0 Å². The van der Waals surface area contributed by atoms with E-state index in [1.807, 2.05) is 22.9 Å². The molecular weight excluding hydrogens is 439 g/mol. The molecule has 0 bridgehead atoms. The molecule has 2 fully saturated rings. The number of piperidine rings is 1. The van der Waals surface area contributed by atoms with Gasteiger partial charge in [-0.15, -0.1) is 0 Å². The van der Waals surface area contributed by atoms with Crippen LogP contribution in [-0.2, 0) is 0 Å². The van der Waals surface area contributed by atoms with E-state index in [9.17, 15) is 9.65 Å². The Morgan fingerprint density at radius 3 is 2.20 bits per heavy atom. The van der Waals surface area contributed by atoms with Gasteiger partial charge in [-0.25, -0.2) is 14.4 Å². The Morgan fingerprint density at radius 1 is 0.800 bits per heavy atom. The number of aromatic nitrogens is 3. The molecule has 4 aromatic rings. The molecule has 0 unspecified atom stereocenters. The summed E-state index contributed by atoms with van der Waals surface area (Å²) in [6.07, 6.45) is 7.87. The van der Waals surface area contributed by atoms with Gasteiger partial charge in [0.05, 0.1) is 11.3 Å². The van der Waals surface area contributed by atoms with E-state index in [2.05, 4.69) is 34.1 Å². The number of nitriles is 1. The molecule has 2 aliphatic rings. The molecule has 0 atom stereocenters. The van der Waals surface area contributed by atoms with Crippen LogP contribution >= 0.6 is 0 Å². The summed E-state index contributed by atoms with van der Waals surface area (Å²) < 4.78 is 16.6. The Kier molecular flexibility index (Phi) is 5.57. The fourth-order valence-electron chi connectivity index (χ4n) is 5.32. The van der Waals surface area contributed by atoms with E-state index in [-0.39, 0.29) is 5.56 Å². The van der Waals surface area contributed by atoms with Crippen LogP contribution in [0.4, 0.5) is 15.8 Å². The summed E-state index contributed by atoms with van der Waals surface area (Å²) >= 11 is 0. The second-order valence-electron chi connectivity index (χ2n) is 9.34. The zero-order valence-corrected chi connectivity index (χ0v) is 19.6. The second-order valence-corrected chi connectivity index (χ2v) is 9.34. The zero-order valence-electron chi connectivity index (χ0n) is 19.6. The molecule has 35 heavy (non-hydrogen) atoms. The van der Waals surface area contributed by atoms with Crippen LogP contribution in [0, 0.1) is 17.1 Å². The first kappa shape index (κ1) is 21.6. The van der Waals surface area contributed by atoms with Gasteiger partial charge in [0.25, 0.3) is 0 Å². The number of anilines is 2. The second kappa shape index (κ2) is 9.03.